The molecule has 104 valence electrons. The first-order valence-corrected chi connectivity index (χ1v) is 6.11. The molecule has 0 bridgehead atoms. The van der Waals surface area contributed by atoms with Gasteiger partial charge in [-0.1, -0.05) is 0 Å². The summed E-state index contributed by atoms with van der Waals surface area (Å²) in [6.45, 7) is 3.06. The summed E-state index contributed by atoms with van der Waals surface area (Å²) < 4.78 is 10.4. The van der Waals surface area contributed by atoms with E-state index in [1.807, 2.05) is 6.92 Å². The molecule has 0 spiro atoms. The van der Waals surface area contributed by atoms with Crippen LogP contribution in [-0.4, -0.2) is 47.7 Å². The van der Waals surface area contributed by atoms with E-state index in [2.05, 4.69) is 0 Å². The highest BCUT2D eigenvalue weighted by Crippen LogP contribution is 2.25. The zero-order valence-corrected chi connectivity index (χ0v) is 11.0. The standard InChI is InChI=1S/C13H17NO5/c1-13(18-2)4-3-5-14(8-13)11(15)10-6-9(7-19-10)12(16)17/h6-7H,3-5,8H2,1-2H3,(H,16,17). The summed E-state index contributed by atoms with van der Waals surface area (Å²) >= 11 is 0. The highest BCUT2D eigenvalue weighted by Gasteiger charge is 2.34. The van der Waals surface area contributed by atoms with Gasteiger partial charge in [-0.25, -0.2) is 4.79 Å². The van der Waals surface area contributed by atoms with Crippen molar-refractivity contribution >= 4 is 11.9 Å². The second kappa shape index (κ2) is 5.05. The molecule has 19 heavy (non-hydrogen) atoms. The number of likely N-dealkylation sites (tertiary alicyclic amines) is 1. The van der Waals surface area contributed by atoms with Crippen LogP contribution < -0.4 is 0 Å². The SMILES string of the molecule is COC1(C)CCCN(C(=O)c2cc(C(=O)O)co2)C1. The van der Waals surface area contributed by atoms with Crippen LogP contribution in [0.4, 0.5) is 0 Å². The summed E-state index contributed by atoms with van der Waals surface area (Å²) in [4.78, 5) is 24.6. The summed E-state index contributed by atoms with van der Waals surface area (Å²) in [5, 5.41) is 8.81. The summed E-state index contributed by atoms with van der Waals surface area (Å²) in [5.74, 6) is -1.35. The first kappa shape index (κ1) is 13.6. The monoisotopic (exact) mass is 267 g/mol. The van der Waals surface area contributed by atoms with E-state index in [0.717, 1.165) is 19.1 Å². The first-order valence-electron chi connectivity index (χ1n) is 6.11. The van der Waals surface area contributed by atoms with E-state index in [0.29, 0.717) is 13.1 Å². The maximum absolute atomic E-state index is 12.2. The van der Waals surface area contributed by atoms with Crippen molar-refractivity contribution in [2.24, 2.45) is 0 Å². The van der Waals surface area contributed by atoms with E-state index in [9.17, 15) is 9.59 Å². The first-order chi connectivity index (χ1) is 8.95. The van der Waals surface area contributed by atoms with E-state index >= 15 is 0 Å². The van der Waals surface area contributed by atoms with Crippen molar-refractivity contribution in [3.05, 3.63) is 23.7 Å². The number of hydrogen-bond acceptors (Lipinski definition) is 4. The van der Waals surface area contributed by atoms with Crippen molar-refractivity contribution in [3.8, 4) is 0 Å². The molecule has 1 amide bonds. The van der Waals surface area contributed by atoms with Gasteiger partial charge in [0, 0.05) is 26.3 Å². The number of furan rings is 1. The Morgan fingerprint density at radius 1 is 1.53 bits per heavy atom. The van der Waals surface area contributed by atoms with Gasteiger partial charge in [0.05, 0.1) is 11.2 Å². The molecule has 0 saturated carbocycles. The molecule has 0 radical (unpaired) electrons. The molecule has 2 heterocycles. The van der Waals surface area contributed by atoms with Crippen molar-refractivity contribution in [1.82, 2.24) is 4.90 Å². The third kappa shape index (κ3) is 2.78. The summed E-state index contributed by atoms with van der Waals surface area (Å²) in [6.07, 6.45) is 2.82. The summed E-state index contributed by atoms with van der Waals surface area (Å²) in [5.41, 5.74) is -0.370. The van der Waals surface area contributed by atoms with Crippen LogP contribution in [-0.2, 0) is 4.74 Å². The molecule has 1 aromatic heterocycles. The zero-order chi connectivity index (χ0) is 14.0. The van der Waals surface area contributed by atoms with Crippen molar-refractivity contribution in [1.29, 1.82) is 0 Å². The van der Waals surface area contributed by atoms with Crippen LogP contribution in [0, 0.1) is 0 Å². The van der Waals surface area contributed by atoms with Crippen LogP contribution in [0.15, 0.2) is 16.7 Å². The Kier molecular flexibility index (Phi) is 3.61. The van der Waals surface area contributed by atoms with E-state index in [-0.39, 0.29) is 22.8 Å². The number of nitrogens with zero attached hydrogens (tertiary/aromatic N) is 1. The smallest absolute Gasteiger partial charge is 0.338 e. The van der Waals surface area contributed by atoms with E-state index in [1.54, 1.807) is 12.0 Å². The fourth-order valence-electron chi connectivity index (χ4n) is 2.26. The van der Waals surface area contributed by atoms with E-state index < -0.39 is 5.97 Å². The molecule has 6 heteroatoms. The maximum Gasteiger partial charge on any atom is 0.338 e. The van der Waals surface area contributed by atoms with Gasteiger partial charge in [-0.15, -0.1) is 0 Å². The number of methoxy groups -OCH3 is 1. The van der Waals surface area contributed by atoms with E-state index in [1.165, 1.54) is 6.07 Å². The van der Waals surface area contributed by atoms with Crippen molar-refractivity contribution < 1.29 is 23.8 Å². The Balaban J connectivity index is 2.12. The summed E-state index contributed by atoms with van der Waals surface area (Å²) in [7, 11) is 1.63. The highest BCUT2D eigenvalue weighted by molar-refractivity contribution is 5.95. The minimum absolute atomic E-state index is 0.0186. The fourth-order valence-corrected chi connectivity index (χ4v) is 2.26. The molecule has 1 aliphatic rings. The number of carboxylic acids is 1. The Morgan fingerprint density at radius 2 is 2.26 bits per heavy atom. The normalized spacial score (nSPS) is 23.4. The number of ether oxygens (including phenoxy) is 1. The lowest BCUT2D eigenvalue weighted by atomic mass is 9.94. The molecule has 1 aromatic rings. The van der Waals surface area contributed by atoms with Crippen LogP contribution >= 0.6 is 0 Å². The molecule has 1 atom stereocenters. The van der Waals surface area contributed by atoms with Crippen LogP contribution in [0.1, 0.15) is 40.7 Å². The predicted molar refractivity (Wildman–Crippen MR) is 66.2 cm³/mol. The van der Waals surface area contributed by atoms with Gasteiger partial charge >= 0.3 is 5.97 Å². The molecular weight excluding hydrogens is 250 g/mol. The highest BCUT2D eigenvalue weighted by atomic mass is 16.5. The topological polar surface area (TPSA) is 80.0 Å². The van der Waals surface area contributed by atoms with Crippen LogP contribution in [0.3, 0.4) is 0 Å². The number of carbonyl (C=O) groups excluding carboxylic acids is 1. The third-order valence-corrected chi connectivity index (χ3v) is 3.50. The molecule has 1 N–H and O–H groups in total. The van der Waals surface area contributed by atoms with Gasteiger partial charge in [0.2, 0.25) is 0 Å². The van der Waals surface area contributed by atoms with Crippen LogP contribution in [0.25, 0.3) is 0 Å². The quantitative estimate of drug-likeness (QED) is 0.900. The number of aromatic carboxylic acids is 1. The fraction of sp³-hybridized carbons (Fsp3) is 0.538. The van der Waals surface area contributed by atoms with Gasteiger partial charge < -0.3 is 19.2 Å². The van der Waals surface area contributed by atoms with Gasteiger partial charge in [-0.2, -0.15) is 0 Å². The molecule has 1 fully saturated rings. The molecule has 1 unspecified atom stereocenters. The maximum atomic E-state index is 12.2. The Morgan fingerprint density at radius 3 is 2.84 bits per heavy atom. The van der Waals surface area contributed by atoms with Crippen LogP contribution in [0.5, 0.6) is 0 Å². The van der Waals surface area contributed by atoms with Crippen molar-refractivity contribution in [3.63, 3.8) is 0 Å². The lowest BCUT2D eigenvalue weighted by Gasteiger charge is -2.39. The number of carbonyl (C=O) groups is 2. The van der Waals surface area contributed by atoms with E-state index in [4.69, 9.17) is 14.3 Å². The van der Waals surface area contributed by atoms with Gasteiger partial charge in [0.1, 0.15) is 6.26 Å². The molecule has 6 nitrogen and oxygen atoms in total. The lowest BCUT2D eigenvalue weighted by molar-refractivity contribution is -0.0445. The number of carboxylic acid groups (broad SMARTS) is 1. The third-order valence-electron chi connectivity index (χ3n) is 3.50. The minimum atomic E-state index is -1.11. The molecule has 0 aliphatic carbocycles. The number of amides is 1. The summed E-state index contributed by atoms with van der Waals surface area (Å²) in [6, 6.07) is 1.25. The average Bonchev–Trinajstić information content (AvgIpc) is 2.87. The van der Waals surface area contributed by atoms with Gasteiger partial charge in [0.25, 0.3) is 5.91 Å². The predicted octanol–water partition coefficient (Wildman–Crippen LogP) is 1.62. The Labute approximate surface area is 110 Å². The van der Waals surface area contributed by atoms with Crippen molar-refractivity contribution in [2.45, 2.75) is 25.4 Å². The number of rotatable bonds is 3. The Hall–Kier alpha value is -1.82. The molecule has 2 rings (SSSR count). The molecule has 0 aromatic carbocycles. The van der Waals surface area contributed by atoms with Gasteiger partial charge in [-0.05, 0) is 19.8 Å². The molecular formula is C13H17NO5. The number of hydrogen-bond donors (Lipinski definition) is 1. The molecule has 1 saturated heterocycles. The Bertz CT molecular complexity index is 495. The zero-order valence-electron chi connectivity index (χ0n) is 11.0. The largest absolute Gasteiger partial charge is 0.478 e. The average molecular weight is 267 g/mol. The lowest BCUT2D eigenvalue weighted by Crippen LogP contribution is -2.49. The minimum Gasteiger partial charge on any atom is -0.478 e. The van der Waals surface area contributed by atoms with Gasteiger partial charge in [0.15, 0.2) is 5.76 Å². The van der Waals surface area contributed by atoms with Gasteiger partial charge in [-0.3, -0.25) is 4.79 Å². The molecule has 1 aliphatic heterocycles. The van der Waals surface area contributed by atoms with Crippen molar-refractivity contribution in [2.75, 3.05) is 20.2 Å². The number of piperidine rings is 1. The second-order valence-corrected chi connectivity index (χ2v) is 4.99. The second-order valence-electron chi connectivity index (χ2n) is 4.99. The van der Waals surface area contributed by atoms with Crippen LogP contribution in [0.2, 0.25) is 0 Å².